The van der Waals surface area contributed by atoms with Gasteiger partial charge in [-0.1, -0.05) is 84.9 Å². The number of ketones is 1. The van der Waals surface area contributed by atoms with E-state index in [1.807, 2.05) is 32.9 Å². The number of carbonyl (C=O) groups excluding carboxylic acids is 7. The van der Waals surface area contributed by atoms with E-state index in [-0.39, 0.29) is 114 Å². The zero-order valence-corrected chi connectivity index (χ0v) is 67.3. The van der Waals surface area contributed by atoms with Crippen LogP contribution in [0.15, 0.2) is 152 Å². The number of aliphatic hydroxyl groups excluding tert-OH is 1. The van der Waals surface area contributed by atoms with Gasteiger partial charge in [-0.25, -0.2) is 14.4 Å². The van der Waals surface area contributed by atoms with Crippen molar-refractivity contribution in [3.63, 3.8) is 0 Å². The van der Waals surface area contributed by atoms with Gasteiger partial charge in [-0.3, -0.25) is 38.8 Å². The second-order valence-corrected chi connectivity index (χ2v) is 30.9. The third kappa shape index (κ3) is 23.8. The third-order valence-corrected chi connectivity index (χ3v) is 21.4. The van der Waals surface area contributed by atoms with E-state index in [0.29, 0.717) is 75.6 Å². The summed E-state index contributed by atoms with van der Waals surface area (Å²) in [4.78, 5) is 96.7. The number of anilines is 5. The largest absolute Gasteiger partial charge is 0.444 e. The van der Waals surface area contributed by atoms with Gasteiger partial charge in [-0.2, -0.15) is 65.9 Å². The molecule has 36 heteroatoms. The van der Waals surface area contributed by atoms with Crippen molar-refractivity contribution < 1.29 is 119 Å². The first-order valence-corrected chi connectivity index (χ1v) is 39.1. The lowest BCUT2D eigenvalue weighted by Crippen LogP contribution is -2.52. The van der Waals surface area contributed by atoms with Crippen molar-refractivity contribution in [2.45, 2.75) is 147 Å². The van der Waals surface area contributed by atoms with Crippen molar-refractivity contribution in [2.24, 2.45) is 0 Å². The monoisotopic (exact) mass is 1730 g/mol. The van der Waals surface area contributed by atoms with Crippen LogP contribution in [0.4, 0.5) is 109 Å². The average molecular weight is 1730 g/mol. The number of halogens is 16. The summed E-state index contributed by atoms with van der Waals surface area (Å²) in [6.07, 6.45) is -23.0. The molecular formula is C85H89ClF15N9O11. The van der Waals surface area contributed by atoms with Gasteiger partial charge in [-0.15, -0.1) is 11.6 Å². The maximum absolute atomic E-state index is 13.2. The van der Waals surface area contributed by atoms with Gasteiger partial charge in [-0.05, 0) is 141 Å². The van der Waals surface area contributed by atoms with Crippen LogP contribution in [0.3, 0.4) is 0 Å². The fourth-order valence-corrected chi connectivity index (χ4v) is 15.2. The van der Waals surface area contributed by atoms with Gasteiger partial charge in [0.2, 0.25) is 17.7 Å². The van der Waals surface area contributed by atoms with Crippen molar-refractivity contribution in [3.8, 4) is 0 Å². The zero-order chi connectivity index (χ0) is 88.4. The molecule has 4 unspecified atom stereocenters. The molecule has 0 aromatic heterocycles. The SMILES string of the molecule is CC(=O)N1CCC(Cl)c2ccc(C(F)(F)F)cc21.CC(=O)N1CCC(N2CCN(C(=O)OC(C)(C)C)CC2)c2ccc(C(F)(F)F)cc21.CC(=O)N1CCC(N2CCNCC2)c2ccc(C(F)(F)F)cc21.O=C(OCc1ccccc1)N1CCC(O)c2ccc(C(F)(F)F)cc21.O=C1CCN(C(=O)OCc2ccccc2)c2cc(C(F)(F)F)ccc21. The molecule has 0 bridgehead atoms. The number of ether oxygens (including phenoxy) is 3. The van der Waals surface area contributed by atoms with Crippen molar-refractivity contribution in [2.75, 3.05) is 110 Å². The molecule has 0 radical (unpaired) electrons. The number of piperazine rings is 2. The van der Waals surface area contributed by atoms with Gasteiger partial charge < -0.3 is 44.2 Å². The molecule has 121 heavy (non-hydrogen) atoms. The van der Waals surface area contributed by atoms with E-state index >= 15 is 0 Å². The lowest BCUT2D eigenvalue weighted by atomic mass is 9.92. The summed E-state index contributed by atoms with van der Waals surface area (Å²) >= 11 is 6.06. The number of carbonyl (C=O) groups is 7. The summed E-state index contributed by atoms with van der Waals surface area (Å²) in [5.41, 5.74) is 0.403. The van der Waals surface area contributed by atoms with Crippen molar-refractivity contribution in [1.29, 1.82) is 0 Å². The van der Waals surface area contributed by atoms with Crippen molar-refractivity contribution >= 4 is 81.8 Å². The van der Waals surface area contributed by atoms with Crippen molar-refractivity contribution in [1.82, 2.24) is 20.0 Å². The maximum atomic E-state index is 13.2. The Bertz CT molecular complexity index is 4840. The van der Waals surface area contributed by atoms with Crippen LogP contribution < -0.4 is 29.8 Å². The number of rotatable bonds is 6. The van der Waals surface area contributed by atoms with E-state index in [1.54, 1.807) is 59.5 Å². The van der Waals surface area contributed by atoms with Crippen LogP contribution in [0, 0.1) is 0 Å². The third-order valence-electron chi connectivity index (χ3n) is 21.0. The number of fused-ring (bicyclic) bond motifs is 5. The van der Waals surface area contributed by atoms with Gasteiger partial charge in [0.1, 0.15) is 18.8 Å². The molecular weight excluding hydrogens is 1640 g/mol. The molecule has 2 fully saturated rings. The summed E-state index contributed by atoms with van der Waals surface area (Å²) in [6.45, 7) is 16.4. The Kier molecular flexibility index (Phi) is 29.7. The highest BCUT2D eigenvalue weighted by atomic mass is 35.5. The molecule has 14 rings (SSSR count). The molecule has 7 aliphatic rings. The number of amides is 6. The number of hydrogen-bond donors (Lipinski definition) is 2. The molecule has 652 valence electrons. The molecule has 7 heterocycles. The zero-order valence-electron chi connectivity index (χ0n) is 66.5. The van der Waals surface area contributed by atoms with Crippen LogP contribution in [-0.2, 0) is 72.7 Å². The number of nitrogens with one attached hydrogen (secondary N) is 1. The van der Waals surface area contributed by atoms with E-state index in [2.05, 4.69) is 15.1 Å². The Labute approximate surface area is 692 Å². The Balaban J connectivity index is 0.000000160. The highest BCUT2D eigenvalue weighted by molar-refractivity contribution is 6.21. The van der Waals surface area contributed by atoms with Gasteiger partial charge in [0.05, 0.1) is 50.7 Å². The summed E-state index contributed by atoms with van der Waals surface area (Å²) in [5, 5.41) is 12.9. The fraction of sp³-hybridized carbons (Fsp3) is 0.424. The summed E-state index contributed by atoms with van der Waals surface area (Å²) in [5.74, 6) is -1.07. The highest BCUT2D eigenvalue weighted by Gasteiger charge is 2.43. The van der Waals surface area contributed by atoms with E-state index in [9.17, 15) is 105 Å². The van der Waals surface area contributed by atoms with E-state index < -0.39 is 82.6 Å². The second-order valence-electron chi connectivity index (χ2n) is 30.3. The first-order valence-electron chi connectivity index (χ1n) is 38.7. The minimum absolute atomic E-state index is 0.00157. The first kappa shape index (κ1) is 92.8. The fourth-order valence-electron chi connectivity index (χ4n) is 14.9. The lowest BCUT2D eigenvalue weighted by molar-refractivity contribution is -0.138. The standard InChI is InChI=1S/C21H28F3N3O3.C18H16F3NO3.C18H14F3NO3.C16H20F3N3O.C12H11ClF3NO/c1-14(28)27-8-7-17(16-6-5-15(13-18(16)27)21(22,23)24)25-9-11-26(12-10-25)19(29)30-20(2,3)4;2*19-18(20,21)13-6-7-14-15(10-13)22(9-8-16(14)23)17(24)25-11-12-4-2-1-3-5-12;1-11(23)22-7-4-14(21-8-5-20-6-9-21)13-3-2-12(10-15(13)22)16(17,18)19;1-7(18)17-5-4-10(13)9-3-2-8(6-11(9)17)12(14,15)16/h5-6,13,17H,7-12H2,1-4H3;1-7,10,16,23H,8-9,11H2;1-7,10H,8-9,11H2;2-3,10,14,20H,4-9H2,1H3;2-3,6,10H,4-5H2,1H3. The quantitative estimate of drug-likeness (QED) is 0.0903. The van der Waals surface area contributed by atoms with Crippen LogP contribution in [0.5, 0.6) is 0 Å². The van der Waals surface area contributed by atoms with Crippen LogP contribution in [0.25, 0.3) is 0 Å². The number of aliphatic hydroxyl groups is 1. The van der Waals surface area contributed by atoms with Crippen LogP contribution in [0.1, 0.15) is 169 Å². The molecule has 7 aromatic rings. The Morgan fingerprint density at radius 1 is 0.405 bits per heavy atom. The van der Waals surface area contributed by atoms with Gasteiger partial charge in [0.25, 0.3) is 0 Å². The van der Waals surface area contributed by atoms with Gasteiger partial charge >= 0.3 is 49.2 Å². The van der Waals surface area contributed by atoms with Crippen LogP contribution in [-0.4, -0.2) is 152 Å². The van der Waals surface area contributed by atoms with Gasteiger partial charge in [0.15, 0.2) is 5.78 Å². The van der Waals surface area contributed by atoms with Crippen molar-refractivity contribution in [3.05, 3.63) is 218 Å². The van der Waals surface area contributed by atoms with E-state index in [0.717, 1.165) is 131 Å². The Morgan fingerprint density at radius 3 is 1.16 bits per heavy atom. The maximum Gasteiger partial charge on any atom is 0.416 e. The molecule has 20 nitrogen and oxygen atoms in total. The van der Waals surface area contributed by atoms with Crippen LogP contribution >= 0.6 is 11.6 Å². The van der Waals surface area contributed by atoms with E-state index in [1.165, 1.54) is 53.7 Å². The summed E-state index contributed by atoms with van der Waals surface area (Å²) < 4.78 is 210. The van der Waals surface area contributed by atoms with E-state index in [4.69, 9.17) is 25.8 Å². The first-order chi connectivity index (χ1) is 56.8. The molecule has 2 saturated heterocycles. The lowest BCUT2D eigenvalue weighted by Gasteiger charge is -2.43. The predicted octanol–water partition coefficient (Wildman–Crippen LogP) is 18.9. The minimum atomic E-state index is -4.56. The summed E-state index contributed by atoms with van der Waals surface area (Å²) in [7, 11) is 0. The molecule has 7 aliphatic heterocycles. The number of alkyl halides is 16. The molecule has 0 saturated carbocycles. The normalized spacial score (nSPS) is 18.9. The molecule has 2 N–H and O–H groups in total. The number of nitrogens with zero attached hydrogens (tertiary/aromatic N) is 8. The molecule has 0 spiro atoms. The van der Waals surface area contributed by atoms with Gasteiger partial charge in [0, 0.05) is 153 Å². The number of benzene rings is 7. The molecule has 0 aliphatic carbocycles. The summed E-state index contributed by atoms with van der Waals surface area (Å²) in [6, 6.07) is 34.4. The van der Waals surface area contributed by atoms with Crippen LogP contribution in [0.2, 0.25) is 0 Å². The highest BCUT2D eigenvalue weighted by Crippen LogP contribution is 2.47. The minimum Gasteiger partial charge on any atom is -0.444 e. The molecule has 7 aromatic carbocycles. The number of hydrogen-bond acceptors (Lipinski definition) is 14. The second kappa shape index (κ2) is 38.7. The molecule has 4 atom stereocenters. The number of Topliss-reactive ketones (excluding diaryl/α,β-unsaturated/α-hetero) is 1. The smallest absolute Gasteiger partial charge is 0.416 e. The topological polar surface area (TPSA) is 205 Å². The Morgan fingerprint density at radius 2 is 0.752 bits per heavy atom. The predicted molar refractivity (Wildman–Crippen MR) is 420 cm³/mol. The average Bonchev–Trinajstić information content (AvgIpc) is 0.795. The Hall–Kier alpha value is -10.5. The molecule has 6 amide bonds.